The van der Waals surface area contributed by atoms with Crippen molar-refractivity contribution >= 4 is 21.6 Å². The number of hydrogen-bond donors (Lipinski definition) is 1. The Balaban J connectivity index is 1.86. The molecule has 1 saturated carbocycles. The van der Waals surface area contributed by atoms with Gasteiger partial charge in [0, 0.05) is 23.2 Å². The Hall–Kier alpha value is -2.60. The van der Waals surface area contributed by atoms with Crippen LogP contribution in [0, 0.1) is 12.8 Å². The van der Waals surface area contributed by atoms with E-state index in [0.29, 0.717) is 22.2 Å². The molecular formula is C18H19F3N4O4S. The fraction of sp³-hybridized carbons (Fsp3) is 0.500. The maximum atomic E-state index is 13.1. The molecule has 0 bridgehead atoms. The second-order valence-electron chi connectivity index (χ2n) is 7.40. The van der Waals surface area contributed by atoms with Crippen molar-refractivity contribution in [3.63, 3.8) is 0 Å². The number of rotatable bonds is 6. The standard InChI is InChI=1S/C18H19F3N4O4S/c1-9-7-11(9)25-15(27)14-10(2)12(8-24-13(26)3-4-22-24)30-16(14)23(17(25)28)5-6-29-18(19,20)21/h3-4,9,11,22H,5-8H2,1-2H3. The number of fused-ring (bicyclic) bond motifs is 1. The number of H-pyrrole nitrogens is 1. The van der Waals surface area contributed by atoms with Crippen molar-refractivity contribution in [3.8, 4) is 0 Å². The van der Waals surface area contributed by atoms with Crippen LogP contribution >= 0.6 is 11.3 Å². The van der Waals surface area contributed by atoms with Crippen molar-refractivity contribution < 1.29 is 17.9 Å². The molecule has 1 N–H and O–H groups in total. The van der Waals surface area contributed by atoms with Crippen LogP contribution < -0.4 is 16.8 Å². The molecule has 3 heterocycles. The van der Waals surface area contributed by atoms with Crippen molar-refractivity contribution in [1.82, 2.24) is 18.9 Å². The summed E-state index contributed by atoms with van der Waals surface area (Å²) in [5.74, 6) is 0.142. The highest BCUT2D eigenvalue weighted by Crippen LogP contribution is 2.41. The highest BCUT2D eigenvalue weighted by Gasteiger charge is 2.38. The van der Waals surface area contributed by atoms with Gasteiger partial charge in [-0.05, 0) is 24.8 Å². The number of halogens is 3. The third-order valence-electron chi connectivity index (χ3n) is 5.35. The van der Waals surface area contributed by atoms with E-state index in [1.54, 1.807) is 6.92 Å². The lowest BCUT2D eigenvalue weighted by Gasteiger charge is -2.13. The molecule has 0 aliphatic heterocycles. The van der Waals surface area contributed by atoms with E-state index in [9.17, 15) is 27.6 Å². The van der Waals surface area contributed by atoms with Crippen LogP contribution in [0.25, 0.3) is 10.2 Å². The highest BCUT2D eigenvalue weighted by molar-refractivity contribution is 7.18. The van der Waals surface area contributed by atoms with Gasteiger partial charge in [-0.2, -0.15) is 0 Å². The number of nitrogens with one attached hydrogen (secondary N) is 1. The minimum absolute atomic E-state index is 0.142. The average molecular weight is 444 g/mol. The predicted octanol–water partition coefficient (Wildman–Crippen LogP) is 2.19. The third kappa shape index (κ3) is 3.65. The van der Waals surface area contributed by atoms with Crippen LogP contribution in [0.15, 0.2) is 26.6 Å². The molecule has 2 unspecified atom stereocenters. The Morgan fingerprint density at radius 1 is 1.30 bits per heavy atom. The number of aryl methyl sites for hydroxylation is 1. The van der Waals surface area contributed by atoms with Crippen molar-refractivity contribution in [3.05, 3.63) is 53.9 Å². The van der Waals surface area contributed by atoms with Crippen LogP contribution in [0.5, 0.6) is 0 Å². The van der Waals surface area contributed by atoms with Crippen LogP contribution in [0.3, 0.4) is 0 Å². The summed E-state index contributed by atoms with van der Waals surface area (Å²) in [5.41, 5.74) is -0.741. The van der Waals surface area contributed by atoms with E-state index < -0.39 is 24.2 Å². The number of aromatic nitrogens is 4. The number of hydrogen-bond acceptors (Lipinski definition) is 5. The van der Waals surface area contributed by atoms with Crippen molar-refractivity contribution in [2.75, 3.05) is 6.61 Å². The van der Waals surface area contributed by atoms with E-state index in [1.807, 2.05) is 6.92 Å². The summed E-state index contributed by atoms with van der Waals surface area (Å²) in [7, 11) is 0. The van der Waals surface area contributed by atoms with Gasteiger partial charge in [0.1, 0.15) is 4.83 Å². The fourth-order valence-electron chi connectivity index (χ4n) is 3.58. The number of nitrogens with zero attached hydrogens (tertiary/aromatic N) is 3. The highest BCUT2D eigenvalue weighted by atomic mass is 32.1. The summed E-state index contributed by atoms with van der Waals surface area (Å²) in [4.78, 5) is 38.9. The van der Waals surface area contributed by atoms with Gasteiger partial charge in [0.25, 0.3) is 11.1 Å². The maximum Gasteiger partial charge on any atom is 0.522 e. The number of thiophene rings is 1. The second-order valence-corrected chi connectivity index (χ2v) is 8.48. The molecule has 12 heteroatoms. The van der Waals surface area contributed by atoms with E-state index >= 15 is 0 Å². The lowest BCUT2D eigenvalue weighted by atomic mass is 10.2. The Bertz CT molecular complexity index is 1280. The molecule has 0 aromatic carbocycles. The molecule has 162 valence electrons. The quantitative estimate of drug-likeness (QED) is 0.631. The minimum Gasteiger partial charge on any atom is -0.303 e. The average Bonchev–Trinajstić information content (AvgIpc) is 3.06. The van der Waals surface area contributed by atoms with Gasteiger partial charge in [-0.15, -0.1) is 24.5 Å². The summed E-state index contributed by atoms with van der Waals surface area (Å²) in [6.45, 7) is 2.67. The van der Waals surface area contributed by atoms with Gasteiger partial charge in [0.05, 0.1) is 25.1 Å². The van der Waals surface area contributed by atoms with E-state index in [0.717, 1.165) is 15.9 Å². The normalized spacial score (nSPS) is 19.0. The molecule has 30 heavy (non-hydrogen) atoms. The monoisotopic (exact) mass is 444 g/mol. The van der Waals surface area contributed by atoms with Gasteiger partial charge in [-0.3, -0.25) is 23.5 Å². The van der Waals surface area contributed by atoms with Gasteiger partial charge in [-0.25, -0.2) is 9.48 Å². The number of alkyl halides is 3. The van der Waals surface area contributed by atoms with Crippen LogP contribution in [0.2, 0.25) is 0 Å². The van der Waals surface area contributed by atoms with E-state index in [4.69, 9.17) is 0 Å². The molecule has 0 spiro atoms. The molecule has 1 fully saturated rings. The molecule has 3 aromatic heterocycles. The molecule has 1 aliphatic rings. The van der Waals surface area contributed by atoms with Crippen molar-refractivity contribution in [2.45, 2.75) is 45.8 Å². The SMILES string of the molecule is Cc1c(Cn2[nH]ccc2=O)sc2c1c(=O)n(C1CC1C)c(=O)n2CCOC(F)(F)F. The first-order valence-electron chi connectivity index (χ1n) is 9.30. The smallest absolute Gasteiger partial charge is 0.303 e. The van der Waals surface area contributed by atoms with Crippen LogP contribution in [-0.4, -0.2) is 31.9 Å². The number of ether oxygens (including phenoxy) is 1. The first-order chi connectivity index (χ1) is 14.1. The summed E-state index contributed by atoms with van der Waals surface area (Å²) in [5, 5.41) is 3.07. The second kappa shape index (κ2) is 7.27. The van der Waals surface area contributed by atoms with Gasteiger partial charge < -0.3 is 5.10 Å². The zero-order chi connectivity index (χ0) is 21.8. The lowest BCUT2D eigenvalue weighted by Crippen LogP contribution is -2.40. The van der Waals surface area contributed by atoms with Gasteiger partial charge in [0.15, 0.2) is 0 Å². The van der Waals surface area contributed by atoms with Gasteiger partial charge >= 0.3 is 12.1 Å². The Morgan fingerprint density at radius 3 is 2.57 bits per heavy atom. The van der Waals surface area contributed by atoms with E-state index in [-0.39, 0.29) is 35.4 Å². The largest absolute Gasteiger partial charge is 0.522 e. The molecule has 8 nitrogen and oxygen atoms in total. The minimum atomic E-state index is -4.81. The Morgan fingerprint density at radius 2 is 2.00 bits per heavy atom. The summed E-state index contributed by atoms with van der Waals surface area (Å²) < 4.78 is 44.8. The van der Waals surface area contributed by atoms with Crippen molar-refractivity contribution in [1.29, 1.82) is 0 Å². The van der Waals surface area contributed by atoms with Crippen molar-refractivity contribution in [2.24, 2.45) is 5.92 Å². The van der Waals surface area contributed by atoms with Crippen LogP contribution in [-0.2, 0) is 17.8 Å². The van der Waals surface area contributed by atoms with Gasteiger partial charge in [0.2, 0.25) is 0 Å². The summed E-state index contributed by atoms with van der Waals surface area (Å²) in [6, 6.07) is 1.09. The molecule has 1 aliphatic carbocycles. The maximum absolute atomic E-state index is 13.1. The molecule has 2 atom stereocenters. The van der Waals surface area contributed by atoms with Gasteiger partial charge in [-0.1, -0.05) is 6.92 Å². The molecule has 0 saturated heterocycles. The zero-order valence-corrected chi connectivity index (χ0v) is 17.0. The molecule has 4 rings (SSSR count). The molecule has 3 aromatic rings. The Kier molecular flexibility index (Phi) is 5.01. The molecule has 0 amide bonds. The number of aromatic amines is 1. The summed E-state index contributed by atoms with van der Waals surface area (Å²) >= 11 is 1.12. The van der Waals surface area contributed by atoms with E-state index in [2.05, 4.69) is 9.84 Å². The molecule has 0 radical (unpaired) electrons. The van der Waals surface area contributed by atoms with E-state index in [1.165, 1.54) is 21.5 Å². The summed E-state index contributed by atoms with van der Waals surface area (Å²) in [6.07, 6.45) is -2.67. The third-order valence-corrected chi connectivity index (χ3v) is 6.64. The fourth-order valence-corrected chi connectivity index (χ4v) is 4.89. The first kappa shape index (κ1) is 20.7. The lowest BCUT2D eigenvalue weighted by molar-refractivity contribution is -0.325. The predicted molar refractivity (Wildman–Crippen MR) is 104 cm³/mol. The Labute approximate surface area is 171 Å². The first-order valence-corrected chi connectivity index (χ1v) is 10.1. The molecular weight excluding hydrogens is 425 g/mol. The van der Waals surface area contributed by atoms with Crippen LogP contribution in [0.4, 0.5) is 13.2 Å². The topological polar surface area (TPSA) is 91.0 Å². The van der Waals surface area contributed by atoms with Crippen LogP contribution in [0.1, 0.15) is 29.8 Å². The zero-order valence-electron chi connectivity index (χ0n) is 16.2.